The average molecular weight is 273 g/mol. The third kappa shape index (κ3) is 3.01. The van der Waals surface area contributed by atoms with E-state index in [9.17, 15) is 9.59 Å². The van der Waals surface area contributed by atoms with Gasteiger partial charge in [-0.05, 0) is 37.3 Å². The molecule has 0 aliphatic rings. The Balaban J connectivity index is 2.34. The molecule has 0 saturated carbocycles. The van der Waals surface area contributed by atoms with E-state index in [1.165, 1.54) is 6.92 Å². The Labute approximate surface area is 116 Å². The van der Waals surface area contributed by atoms with Crippen LogP contribution in [-0.2, 0) is 0 Å². The van der Waals surface area contributed by atoms with Gasteiger partial charge in [0.25, 0.3) is 5.91 Å². The molecule has 0 atom stereocenters. The highest BCUT2D eigenvalue weighted by molar-refractivity contribution is 6.35. The van der Waals surface area contributed by atoms with E-state index < -0.39 is 0 Å². The maximum Gasteiger partial charge on any atom is 0.255 e. The van der Waals surface area contributed by atoms with Crippen molar-refractivity contribution in [2.24, 2.45) is 0 Å². The highest BCUT2D eigenvalue weighted by Gasteiger charge is 2.14. The minimum Gasteiger partial charge on any atom is -0.320 e. The third-order valence-electron chi connectivity index (χ3n) is 2.61. The maximum atomic E-state index is 12.0. The lowest BCUT2D eigenvalue weighted by Crippen LogP contribution is -2.14. The summed E-state index contributed by atoms with van der Waals surface area (Å²) < 4.78 is 0. The first-order valence-electron chi connectivity index (χ1n) is 5.66. The summed E-state index contributed by atoms with van der Waals surface area (Å²) in [5.41, 5.74) is 1.21. The zero-order valence-corrected chi connectivity index (χ0v) is 11.0. The van der Waals surface area contributed by atoms with Gasteiger partial charge in [-0.25, -0.2) is 0 Å². The van der Waals surface area contributed by atoms with Crippen molar-refractivity contribution in [1.29, 1.82) is 0 Å². The van der Waals surface area contributed by atoms with Gasteiger partial charge in [0.2, 0.25) is 0 Å². The normalized spacial score (nSPS) is 10.0. The van der Waals surface area contributed by atoms with E-state index in [1.807, 2.05) is 0 Å². The number of hydrogen-bond donors (Lipinski definition) is 1. The number of Topliss-reactive ketones (excluding diaryl/α,β-unsaturated/α-hetero) is 1. The van der Waals surface area contributed by atoms with Gasteiger partial charge in [0, 0.05) is 11.1 Å². The number of para-hydroxylation sites is 1. The van der Waals surface area contributed by atoms with Crippen molar-refractivity contribution in [3.8, 4) is 0 Å². The number of nitrogens with one attached hydrogen (secondary N) is 1. The summed E-state index contributed by atoms with van der Waals surface area (Å²) in [6.07, 6.45) is 0. The van der Waals surface area contributed by atoms with Gasteiger partial charge in [-0.15, -0.1) is 0 Å². The highest BCUT2D eigenvalue weighted by Crippen LogP contribution is 2.26. The van der Waals surface area contributed by atoms with Crippen LogP contribution in [0.15, 0.2) is 42.5 Å². The fraction of sp³-hybridized carbons (Fsp3) is 0.0667. The molecule has 0 unspecified atom stereocenters. The van der Waals surface area contributed by atoms with Crippen LogP contribution in [0.1, 0.15) is 27.6 Å². The molecule has 1 N–H and O–H groups in total. The molecule has 2 aromatic rings. The van der Waals surface area contributed by atoms with Crippen LogP contribution >= 0.6 is 11.6 Å². The van der Waals surface area contributed by atoms with E-state index in [0.29, 0.717) is 21.8 Å². The summed E-state index contributed by atoms with van der Waals surface area (Å²) in [7, 11) is 0. The van der Waals surface area contributed by atoms with Crippen LogP contribution in [0.2, 0.25) is 5.02 Å². The number of anilines is 1. The Morgan fingerprint density at radius 1 is 1.16 bits per heavy atom. The van der Waals surface area contributed by atoms with E-state index in [4.69, 9.17) is 11.6 Å². The molecule has 0 bridgehead atoms. The second-order valence-corrected chi connectivity index (χ2v) is 4.37. The Kier molecular flexibility index (Phi) is 3.97. The minimum atomic E-state index is -0.315. The Hall–Kier alpha value is -2.13. The van der Waals surface area contributed by atoms with Crippen LogP contribution in [0.5, 0.6) is 0 Å². The Morgan fingerprint density at radius 3 is 2.47 bits per heavy atom. The Morgan fingerprint density at radius 2 is 1.84 bits per heavy atom. The molecule has 0 saturated heterocycles. The second-order valence-electron chi connectivity index (χ2n) is 3.96. The summed E-state index contributed by atoms with van der Waals surface area (Å²) in [5, 5.41) is 3.01. The predicted molar refractivity (Wildman–Crippen MR) is 74.7 cm³/mol. The van der Waals surface area contributed by atoms with Gasteiger partial charge in [-0.2, -0.15) is 0 Å². The number of rotatable bonds is 3. The van der Waals surface area contributed by atoms with Gasteiger partial charge in [-0.3, -0.25) is 9.59 Å². The molecule has 2 aromatic carbocycles. The standard InChI is InChI=1S/C15H11ClNO2/c1-10(18)12-8-5-9-13(16)14(12)17-15(19)11-6-3-2-4-7-11/h3-9H,1H3,(H,17,19). The topological polar surface area (TPSA) is 46.2 Å². The molecule has 0 fully saturated rings. The van der Waals surface area contributed by atoms with Crippen LogP contribution in [0.4, 0.5) is 5.69 Å². The van der Waals surface area contributed by atoms with Crippen molar-refractivity contribution in [3.63, 3.8) is 0 Å². The number of amides is 1. The van der Waals surface area contributed by atoms with Gasteiger partial charge in [0.05, 0.1) is 10.7 Å². The lowest BCUT2D eigenvalue weighted by molar-refractivity contribution is 0.101. The summed E-state index contributed by atoms with van der Waals surface area (Å²) >= 11 is 6.03. The molecule has 1 radical (unpaired) electrons. The largest absolute Gasteiger partial charge is 0.320 e. The lowest BCUT2D eigenvalue weighted by Gasteiger charge is -2.11. The van der Waals surface area contributed by atoms with Crippen molar-refractivity contribution in [3.05, 3.63) is 64.7 Å². The molecule has 0 spiro atoms. The first-order chi connectivity index (χ1) is 9.09. The zero-order valence-electron chi connectivity index (χ0n) is 10.2. The molecule has 0 aromatic heterocycles. The average Bonchev–Trinajstić information content (AvgIpc) is 2.41. The SMILES string of the molecule is CC(=O)c1cccc(Cl)c1NC(=O)c1cc[c]cc1. The monoisotopic (exact) mass is 272 g/mol. The van der Waals surface area contributed by atoms with Crippen molar-refractivity contribution in [2.45, 2.75) is 6.92 Å². The van der Waals surface area contributed by atoms with E-state index >= 15 is 0 Å². The lowest BCUT2D eigenvalue weighted by atomic mass is 10.1. The van der Waals surface area contributed by atoms with Crippen molar-refractivity contribution in [2.75, 3.05) is 5.32 Å². The van der Waals surface area contributed by atoms with Crippen molar-refractivity contribution in [1.82, 2.24) is 0 Å². The van der Waals surface area contributed by atoms with Crippen LogP contribution in [0, 0.1) is 6.07 Å². The molecule has 3 nitrogen and oxygen atoms in total. The smallest absolute Gasteiger partial charge is 0.255 e. The number of carbonyl (C=O) groups is 2. The number of carbonyl (C=O) groups excluding carboxylic acids is 2. The molecule has 1 amide bonds. The van der Waals surface area contributed by atoms with E-state index in [0.717, 1.165) is 0 Å². The number of ketones is 1. The summed E-state index contributed by atoms with van der Waals surface area (Å²) in [5.74, 6) is -0.469. The fourth-order valence-corrected chi connectivity index (χ4v) is 1.89. The second kappa shape index (κ2) is 5.67. The molecule has 4 heteroatoms. The quantitative estimate of drug-likeness (QED) is 0.868. The third-order valence-corrected chi connectivity index (χ3v) is 2.93. The van der Waals surface area contributed by atoms with Gasteiger partial charge in [0.1, 0.15) is 0 Å². The van der Waals surface area contributed by atoms with Crippen LogP contribution < -0.4 is 5.32 Å². The molecular formula is C15H11ClNO2. The van der Waals surface area contributed by atoms with Crippen LogP contribution in [-0.4, -0.2) is 11.7 Å². The van der Waals surface area contributed by atoms with Gasteiger partial charge >= 0.3 is 0 Å². The predicted octanol–water partition coefficient (Wildman–Crippen LogP) is 3.60. The first kappa shape index (κ1) is 13.3. The molecule has 19 heavy (non-hydrogen) atoms. The molecule has 95 valence electrons. The van der Waals surface area contributed by atoms with E-state index in [1.54, 1.807) is 42.5 Å². The molecular weight excluding hydrogens is 262 g/mol. The molecule has 2 rings (SSSR count). The number of hydrogen-bond acceptors (Lipinski definition) is 2. The van der Waals surface area contributed by atoms with Crippen molar-refractivity contribution >= 4 is 29.0 Å². The van der Waals surface area contributed by atoms with Crippen LogP contribution in [0.25, 0.3) is 0 Å². The fourth-order valence-electron chi connectivity index (χ4n) is 1.67. The molecule has 0 heterocycles. The van der Waals surface area contributed by atoms with Gasteiger partial charge in [-0.1, -0.05) is 29.8 Å². The minimum absolute atomic E-state index is 0.154. The highest BCUT2D eigenvalue weighted by atomic mass is 35.5. The molecule has 0 aliphatic carbocycles. The summed E-state index contributed by atoms with van der Waals surface area (Å²) in [6.45, 7) is 1.43. The van der Waals surface area contributed by atoms with Crippen molar-refractivity contribution < 1.29 is 9.59 Å². The maximum absolute atomic E-state index is 12.0. The summed E-state index contributed by atoms with van der Waals surface area (Å²) in [6, 6.07) is 14.3. The van der Waals surface area contributed by atoms with E-state index in [-0.39, 0.29) is 11.7 Å². The first-order valence-corrected chi connectivity index (χ1v) is 6.04. The van der Waals surface area contributed by atoms with Crippen LogP contribution in [0.3, 0.4) is 0 Å². The van der Waals surface area contributed by atoms with Gasteiger partial charge in [0.15, 0.2) is 5.78 Å². The van der Waals surface area contributed by atoms with Gasteiger partial charge < -0.3 is 5.32 Å². The summed E-state index contributed by atoms with van der Waals surface area (Å²) in [4.78, 5) is 23.6. The van der Waals surface area contributed by atoms with E-state index in [2.05, 4.69) is 11.4 Å². The number of benzene rings is 2. The number of halogens is 1. The Bertz CT molecular complexity index is 623. The zero-order chi connectivity index (χ0) is 13.8. The molecule has 0 aliphatic heterocycles.